The highest BCUT2D eigenvalue weighted by molar-refractivity contribution is 5.90. The first-order valence-electron chi connectivity index (χ1n) is 17.7. The zero-order chi connectivity index (χ0) is 31.5. The molecule has 1 saturated heterocycles. The third kappa shape index (κ3) is 16.7. The molecule has 8 atom stereocenters. The van der Waals surface area contributed by atoms with Crippen molar-refractivity contribution in [2.45, 2.75) is 204 Å². The van der Waals surface area contributed by atoms with Crippen molar-refractivity contribution in [3.8, 4) is 0 Å². The number of aliphatic hydroxyl groups excluding tert-OH is 5. The Hall–Kier alpha value is -1.03. The van der Waals surface area contributed by atoms with Crippen molar-refractivity contribution < 1.29 is 39.8 Å². The third-order valence-corrected chi connectivity index (χ3v) is 9.19. The molecule has 2 rings (SSSR count). The van der Waals surface area contributed by atoms with Crippen LogP contribution in [0.25, 0.3) is 0 Å². The number of aliphatic hydroxyl groups is 5. The van der Waals surface area contributed by atoms with Gasteiger partial charge in [-0.2, -0.15) is 0 Å². The fraction of sp³-hybridized carbons (Fsp3) is 0.914. The Kier molecular flexibility index (Phi) is 19.9. The molecular weight excluding hydrogens is 548 g/mol. The molecule has 43 heavy (non-hydrogen) atoms. The van der Waals surface area contributed by atoms with Crippen molar-refractivity contribution in [3.05, 3.63) is 11.6 Å². The molecular formula is C35H64O8. The molecule has 5 N–H and O–H groups in total. The Balaban J connectivity index is 1.45. The molecule has 8 heteroatoms. The second-order valence-electron chi connectivity index (χ2n) is 13.3. The molecule has 0 radical (unpaired) electrons. The van der Waals surface area contributed by atoms with E-state index in [9.17, 15) is 30.3 Å². The molecule has 1 fully saturated rings. The molecule has 4 unspecified atom stereocenters. The minimum absolute atomic E-state index is 0.203. The van der Waals surface area contributed by atoms with Crippen LogP contribution < -0.4 is 0 Å². The van der Waals surface area contributed by atoms with Gasteiger partial charge in [-0.1, -0.05) is 71.1 Å². The number of hydrogen-bond donors (Lipinski definition) is 5. The second kappa shape index (κ2) is 22.5. The van der Waals surface area contributed by atoms with Crippen LogP contribution in [0.3, 0.4) is 0 Å². The van der Waals surface area contributed by atoms with E-state index < -0.39 is 30.5 Å². The van der Waals surface area contributed by atoms with Gasteiger partial charge in [0.2, 0.25) is 0 Å². The van der Waals surface area contributed by atoms with Crippen LogP contribution in [-0.2, 0) is 14.3 Å². The topological polar surface area (TPSA) is 137 Å². The number of carbonyl (C=O) groups excluding carboxylic acids is 1. The smallest absolute Gasteiger partial charge is 0.334 e. The van der Waals surface area contributed by atoms with Crippen LogP contribution >= 0.6 is 0 Å². The summed E-state index contributed by atoms with van der Waals surface area (Å²) in [5.74, 6) is -0.355. The summed E-state index contributed by atoms with van der Waals surface area (Å²) >= 11 is 0. The first-order valence-corrected chi connectivity index (χ1v) is 17.7. The van der Waals surface area contributed by atoms with Crippen molar-refractivity contribution in [2.24, 2.45) is 0 Å². The van der Waals surface area contributed by atoms with Gasteiger partial charge in [-0.3, -0.25) is 0 Å². The van der Waals surface area contributed by atoms with E-state index in [0.717, 1.165) is 32.1 Å². The number of rotatable bonds is 26. The number of ether oxygens (including phenoxy) is 2. The zero-order valence-electron chi connectivity index (χ0n) is 27.2. The molecule has 0 aromatic carbocycles. The van der Waals surface area contributed by atoms with Crippen molar-refractivity contribution in [1.29, 1.82) is 0 Å². The number of unbranched alkanes of at least 4 members (excludes halogenated alkanes) is 9. The summed E-state index contributed by atoms with van der Waals surface area (Å²) in [5, 5.41) is 52.1. The fourth-order valence-electron chi connectivity index (χ4n) is 6.44. The van der Waals surface area contributed by atoms with E-state index in [1.807, 2.05) is 0 Å². The maximum absolute atomic E-state index is 11.7. The molecule has 252 valence electrons. The van der Waals surface area contributed by atoms with Crippen molar-refractivity contribution >= 4 is 5.97 Å². The summed E-state index contributed by atoms with van der Waals surface area (Å²) in [6.07, 6.45) is 18.0. The maximum atomic E-state index is 11.7. The summed E-state index contributed by atoms with van der Waals surface area (Å²) in [5.41, 5.74) is 0.524. The van der Waals surface area contributed by atoms with Crippen LogP contribution in [-0.4, -0.2) is 80.3 Å². The molecule has 0 amide bonds. The van der Waals surface area contributed by atoms with E-state index in [1.54, 1.807) is 13.0 Å². The van der Waals surface area contributed by atoms with Gasteiger partial charge in [-0.05, 0) is 83.6 Å². The predicted molar refractivity (Wildman–Crippen MR) is 170 cm³/mol. The van der Waals surface area contributed by atoms with E-state index in [1.165, 1.54) is 51.4 Å². The Labute approximate surface area is 261 Å². The lowest BCUT2D eigenvalue weighted by Gasteiger charge is -2.23. The van der Waals surface area contributed by atoms with Crippen LogP contribution in [0, 0.1) is 0 Å². The highest BCUT2D eigenvalue weighted by Gasteiger charge is 2.34. The molecule has 0 spiro atoms. The number of cyclic esters (lactones) is 1. The quantitative estimate of drug-likeness (QED) is 0.0590. The van der Waals surface area contributed by atoms with Crippen LogP contribution in [0.15, 0.2) is 11.6 Å². The summed E-state index contributed by atoms with van der Waals surface area (Å²) in [6.45, 7) is 4.04. The minimum atomic E-state index is -0.647. The second-order valence-corrected chi connectivity index (χ2v) is 13.3. The van der Waals surface area contributed by atoms with Gasteiger partial charge in [-0.15, -0.1) is 0 Å². The third-order valence-electron chi connectivity index (χ3n) is 9.19. The van der Waals surface area contributed by atoms with Crippen LogP contribution in [0.5, 0.6) is 0 Å². The minimum Gasteiger partial charge on any atom is -0.455 e. The standard InChI is InChI=1S/C35H64O8/c1-3-4-5-6-7-8-9-10-11-12-19-31(39)33-22-23-34(43-33)32(40)21-20-29(37)17-13-15-28(36)16-14-18-30(38)25-27-24-26(2)42-35(27)41/h24,26,28-34,36-40H,3-23,25H2,1-2H3/t26?,28?,29?,30?,31-,32-,33-,34-/m0/s1. The Bertz CT molecular complexity index is 758. The monoisotopic (exact) mass is 612 g/mol. The van der Waals surface area contributed by atoms with Gasteiger partial charge in [0.05, 0.1) is 42.7 Å². The fourth-order valence-corrected chi connectivity index (χ4v) is 6.44. The van der Waals surface area contributed by atoms with E-state index in [4.69, 9.17) is 9.47 Å². The van der Waals surface area contributed by atoms with E-state index in [-0.39, 0.29) is 30.7 Å². The molecule has 0 bridgehead atoms. The Morgan fingerprint density at radius 3 is 1.67 bits per heavy atom. The molecule has 0 aromatic heterocycles. The van der Waals surface area contributed by atoms with Crippen molar-refractivity contribution in [3.63, 3.8) is 0 Å². The molecule has 2 heterocycles. The largest absolute Gasteiger partial charge is 0.455 e. The average Bonchev–Trinajstić information content (AvgIpc) is 3.59. The Morgan fingerprint density at radius 2 is 1.14 bits per heavy atom. The molecule has 2 aliphatic heterocycles. The molecule has 0 saturated carbocycles. The summed E-state index contributed by atoms with van der Waals surface area (Å²) < 4.78 is 11.1. The molecule has 0 aliphatic carbocycles. The van der Waals surface area contributed by atoms with E-state index in [0.29, 0.717) is 56.9 Å². The van der Waals surface area contributed by atoms with Gasteiger partial charge < -0.3 is 35.0 Å². The van der Waals surface area contributed by atoms with Gasteiger partial charge in [0.1, 0.15) is 6.10 Å². The summed E-state index contributed by atoms with van der Waals surface area (Å²) in [7, 11) is 0. The maximum Gasteiger partial charge on any atom is 0.334 e. The highest BCUT2D eigenvalue weighted by Crippen LogP contribution is 2.28. The van der Waals surface area contributed by atoms with Crippen LogP contribution in [0.1, 0.15) is 155 Å². The highest BCUT2D eigenvalue weighted by atomic mass is 16.5. The zero-order valence-corrected chi connectivity index (χ0v) is 27.2. The van der Waals surface area contributed by atoms with Crippen molar-refractivity contribution in [2.75, 3.05) is 0 Å². The van der Waals surface area contributed by atoms with E-state index in [2.05, 4.69) is 6.92 Å². The summed E-state index contributed by atoms with van der Waals surface area (Å²) in [6, 6.07) is 0. The summed E-state index contributed by atoms with van der Waals surface area (Å²) in [4.78, 5) is 11.7. The van der Waals surface area contributed by atoms with E-state index >= 15 is 0 Å². The van der Waals surface area contributed by atoms with Crippen LogP contribution in [0.4, 0.5) is 0 Å². The number of esters is 1. The lowest BCUT2D eigenvalue weighted by molar-refractivity contribution is -0.139. The van der Waals surface area contributed by atoms with Crippen LogP contribution in [0.2, 0.25) is 0 Å². The number of carbonyl (C=O) groups is 1. The van der Waals surface area contributed by atoms with Gasteiger partial charge in [0.15, 0.2) is 0 Å². The predicted octanol–water partition coefficient (Wildman–Crippen LogP) is 6.03. The normalized spacial score (nSPS) is 24.0. The lowest BCUT2D eigenvalue weighted by atomic mass is 9.98. The SMILES string of the molecule is CCCCCCCCCCCC[C@H](O)[C@@H]1CC[C@@H]([C@@H](O)CCC(O)CCCC(O)CCCC(O)CC2=CC(C)OC2=O)O1. The first kappa shape index (κ1) is 38.2. The van der Waals surface area contributed by atoms with Gasteiger partial charge in [0.25, 0.3) is 0 Å². The lowest BCUT2D eigenvalue weighted by Crippen LogP contribution is -2.31. The molecule has 2 aliphatic rings. The van der Waals surface area contributed by atoms with Gasteiger partial charge in [0, 0.05) is 12.0 Å². The first-order chi connectivity index (χ1) is 20.7. The molecule has 8 nitrogen and oxygen atoms in total. The van der Waals surface area contributed by atoms with Crippen molar-refractivity contribution in [1.82, 2.24) is 0 Å². The van der Waals surface area contributed by atoms with Gasteiger partial charge >= 0.3 is 5.97 Å². The molecule has 0 aromatic rings. The average molecular weight is 613 g/mol. The number of hydrogen-bond acceptors (Lipinski definition) is 8. The van der Waals surface area contributed by atoms with Gasteiger partial charge in [-0.25, -0.2) is 4.79 Å². The Morgan fingerprint density at radius 1 is 0.651 bits per heavy atom.